The first kappa shape index (κ1) is 18.3. The molecule has 1 fully saturated rings. The van der Waals surface area contributed by atoms with Crippen LogP contribution in [-0.2, 0) is 9.31 Å². The Bertz CT molecular complexity index is 1210. The average molecular weight is 382 g/mol. The monoisotopic (exact) mass is 382 g/mol. The van der Waals surface area contributed by atoms with E-state index < -0.39 is 7.12 Å². The molecule has 144 valence electrons. The van der Waals surface area contributed by atoms with Crippen LogP contribution in [0.4, 0.5) is 0 Å². The molecular formula is C24H23BN2O2. The molecule has 29 heavy (non-hydrogen) atoms. The molecule has 3 heterocycles. The maximum atomic E-state index is 6.21. The predicted molar refractivity (Wildman–Crippen MR) is 118 cm³/mol. The number of aromatic nitrogens is 2. The van der Waals surface area contributed by atoms with Gasteiger partial charge in [0.15, 0.2) is 0 Å². The van der Waals surface area contributed by atoms with Gasteiger partial charge in [-0.3, -0.25) is 4.98 Å². The van der Waals surface area contributed by atoms with Gasteiger partial charge >= 0.3 is 7.12 Å². The fourth-order valence-corrected chi connectivity index (χ4v) is 3.72. The van der Waals surface area contributed by atoms with Gasteiger partial charge in [-0.1, -0.05) is 42.5 Å². The van der Waals surface area contributed by atoms with E-state index in [2.05, 4.69) is 81.2 Å². The summed E-state index contributed by atoms with van der Waals surface area (Å²) in [7, 11) is -0.394. The molecule has 0 unspecified atom stereocenters. The lowest BCUT2D eigenvalue weighted by Crippen LogP contribution is -2.41. The maximum Gasteiger partial charge on any atom is 0.494 e. The molecule has 2 aromatic heterocycles. The quantitative estimate of drug-likeness (QED) is 0.470. The second kappa shape index (κ2) is 6.38. The third-order valence-electron chi connectivity index (χ3n) is 6.15. The van der Waals surface area contributed by atoms with E-state index in [9.17, 15) is 0 Å². The highest BCUT2D eigenvalue weighted by Crippen LogP contribution is 2.36. The molecule has 4 nitrogen and oxygen atoms in total. The van der Waals surface area contributed by atoms with Gasteiger partial charge in [-0.05, 0) is 51.4 Å². The number of pyridine rings is 2. The number of fused-ring (bicyclic) bond motifs is 2. The van der Waals surface area contributed by atoms with Crippen molar-refractivity contribution in [3.8, 4) is 11.3 Å². The van der Waals surface area contributed by atoms with Crippen LogP contribution in [0.2, 0.25) is 0 Å². The van der Waals surface area contributed by atoms with Gasteiger partial charge < -0.3 is 9.31 Å². The zero-order valence-electron chi connectivity index (χ0n) is 17.1. The minimum absolute atomic E-state index is 0.365. The van der Waals surface area contributed by atoms with Crippen LogP contribution >= 0.6 is 0 Å². The van der Waals surface area contributed by atoms with Crippen molar-refractivity contribution >= 4 is 34.4 Å². The van der Waals surface area contributed by atoms with E-state index in [0.717, 1.165) is 38.5 Å². The van der Waals surface area contributed by atoms with Crippen LogP contribution in [0.1, 0.15) is 27.7 Å². The molecule has 5 rings (SSSR count). The van der Waals surface area contributed by atoms with Crippen LogP contribution < -0.4 is 5.46 Å². The Morgan fingerprint density at radius 1 is 0.793 bits per heavy atom. The van der Waals surface area contributed by atoms with Crippen LogP contribution in [0.25, 0.3) is 33.1 Å². The molecule has 0 radical (unpaired) electrons. The molecule has 0 aliphatic carbocycles. The average Bonchev–Trinajstić information content (AvgIpc) is 2.94. The lowest BCUT2D eigenvalue weighted by Gasteiger charge is -2.32. The van der Waals surface area contributed by atoms with Gasteiger partial charge in [0, 0.05) is 22.5 Å². The Hall–Kier alpha value is -2.76. The summed E-state index contributed by atoms with van der Waals surface area (Å²) in [5.74, 6) is 0. The zero-order valence-corrected chi connectivity index (χ0v) is 17.1. The SMILES string of the molecule is CC1(C)OB(c2ccc3ccc(-c4cccc5cccnc45)nc3c2)OC1(C)C. The van der Waals surface area contributed by atoms with Crippen LogP contribution in [0.3, 0.4) is 0 Å². The molecule has 0 bridgehead atoms. The summed E-state index contributed by atoms with van der Waals surface area (Å²) in [6.07, 6.45) is 1.82. The summed E-state index contributed by atoms with van der Waals surface area (Å²) in [5, 5.41) is 2.19. The normalized spacial score (nSPS) is 17.9. The van der Waals surface area contributed by atoms with Crippen molar-refractivity contribution in [3.63, 3.8) is 0 Å². The number of hydrogen-bond acceptors (Lipinski definition) is 4. The summed E-state index contributed by atoms with van der Waals surface area (Å²) in [6, 6.07) is 20.6. The van der Waals surface area contributed by atoms with Gasteiger partial charge in [0.1, 0.15) is 0 Å². The van der Waals surface area contributed by atoms with Crippen LogP contribution in [0.15, 0.2) is 66.9 Å². The Morgan fingerprint density at radius 3 is 2.31 bits per heavy atom. The van der Waals surface area contributed by atoms with Crippen LogP contribution in [0, 0.1) is 0 Å². The minimum atomic E-state index is -0.394. The summed E-state index contributed by atoms with van der Waals surface area (Å²) in [4.78, 5) is 9.52. The van der Waals surface area contributed by atoms with Gasteiger partial charge in [0.2, 0.25) is 0 Å². The second-order valence-electron chi connectivity index (χ2n) is 8.62. The molecule has 1 aliphatic rings. The first-order chi connectivity index (χ1) is 13.8. The highest BCUT2D eigenvalue weighted by atomic mass is 16.7. The van der Waals surface area contributed by atoms with Crippen molar-refractivity contribution in [1.82, 2.24) is 9.97 Å². The van der Waals surface area contributed by atoms with E-state index in [4.69, 9.17) is 14.3 Å². The standard InChI is InChI=1S/C24H23BN2O2/c1-23(2)24(3,4)29-25(28-23)18-12-10-16-11-13-20(27-21(16)15-18)19-9-5-7-17-8-6-14-26-22(17)19/h5-15H,1-4H3. The van der Waals surface area contributed by atoms with E-state index in [-0.39, 0.29) is 11.2 Å². The summed E-state index contributed by atoms with van der Waals surface area (Å²) in [5.41, 5.74) is 4.08. The predicted octanol–water partition coefficient (Wildman–Crippen LogP) is 4.75. The van der Waals surface area contributed by atoms with Crippen molar-refractivity contribution in [2.45, 2.75) is 38.9 Å². The first-order valence-electron chi connectivity index (χ1n) is 9.95. The molecule has 5 heteroatoms. The van der Waals surface area contributed by atoms with Gasteiger partial charge in [-0.15, -0.1) is 0 Å². The van der Waals surface area contributed by atoms with E-state index in [0.29, 0.717) is 0 Å². The Balaban J connectivity index is 1.59. The number of rotatable bonds is 2. The Labute approximate surface area is 171 Å². The fourth-order valence-electron chi connectivity index (χ4n) is 3.72. The Morgan fingerprint density at radius 2 is 1.52 bits per heavy atom. The van der Waals surface area contributed by atoms with Crippen LogP contribution in [-0.4, -0.2) is 28.3 Å². The molecular weight excluding hydrogens is 359 g/mol. The number of nitrogens with zero attached hydrogens (tertiary/aromatic N) is 2. The molecule has 1 aliphatic heterocycles. The fraction of sp³-hybridized carbons (Fsp3) is 0.250. The van der Waals surface area contributed by atoms with Crippen LogP contribution in [0.5, 0.6) is 0 Å². The van der Waals surface area contributed by atoms with Crippen molar-refractivity contribution in [2.24, 2.45) is 0 Å². The van der Waals surface area contributed by atoms with Gasteiger partial charge in [0.05, 0.1) is 27.9 Å². The summed E-state index contributed by atoms with van der Waals surface area (Å²) in [6.45, 7) is 8.27. The molecule has 0 spiro atoms. The molecule has 0 saturated carbocycles. The second-order valence-corrected chi connectivity index (χ2v) is 8.62. The third kappa shape index (κ3) is 3.02. The van der Waals surface area contributed by atoms with E-state index in [1.54, 1.807) is 0 Å². The lowest BCUT2D eigenvalue weighted by molar-refractivity contribution is 0.00578. The molecule has 2 aromatic carbocycles. The molecule has 0 N–H and O–H groups in total. The largest absolute Gasteiger partial charge is 0.494 e. The maximum absolute atomic E-state index is 6.21. The Kier molecular flexibility index (Phi) is 4.02. The number of benzene rings is 2. The topological polar surface area (TPSA) is 44.2 Å². The zero-order chi connectivity index (χ0) is 20.2. The molecule has 0 amide bonds. The molecule has 4 aromatic rings. The van der Waals surface area contributed by atoms with Crippen molar-refractivity contribution < 1.29 is 9.31 Å². The first-order valence-corrected chi connectivity index (χ1v) is 9.95. The van der Waals surface area contributed by atoms with E-state index >= 15 is 0 Å². The van der Waals surface area contributed by atoms with Gasteiger partial charge in [-0.25, -0.2) is 4.98 Å². The van der Waals surface area contributed by atoms with Crippen molar-refractivity contribution in [3.05, 3.63) is 66.9 Å². The van der Waals surface area contributed by atoms with Crippen molar-refractivity contribution in [2.75, 3.05) is 0 Å². The molecule has 1 saturated heterocycles. The minimum Gasteiger partial charge on any atom is -0.399 e. The van der Waals surface area contributed by atoms with E-state index in [1.807, 2.05) is 18.3 Å². The van der Waals surface area contributed by atoms with E-state index in [1.165, 1.54) is 0 Å². The third-order valence-corrected chi connectivity index (χ3v) is 6.15. The lowest BCUT2D eigenvalue weighted by atomic mass is 9.78. The summed E-state index contributed by atoms with van der Waals surface area (Å²) >= 11 is 0. The van der Waals surface area contributed by atoms with Gasteiger partial charge in [-0.2, -0.15) is 0 Å². The van der Waals surface area contributed by atoms with Crippen molar-refractivity contribution in [1.29, 1.82) is 0 Å². The smallest absolute Gasteiger partial charge is 0.399 e. The highest BCUT2D eigenvalue weighted by Gasteiger charge is 2.51. The van der Waals surface area contributed by atoms with Gasteiger partial charge in [0.25, 0.3) is 0 Å². The molecule has 0 atom stereocenters. The summed E-state index contributed by atoms with van der Waals surface area (Å²) < 4.78 is 12.4. The number of para-hydroxylation sites is 1. The number of hydrogen-bond donors (Lipinski definition) is 0. The highest BCUT2D eigenvalue weighted by molar-refractivity contribution is 6.62.